The molecule has 66 heavy (non-hydrogen) atoms. The highest BCUT2D eigenvalue weighted by Gasteiger charge is 2.45. The quantitative estimate of drug-likeness (QED) is 0.0451. The van der Waals surface area contributed by atoms with E-state index in [1.807, 2.05) is 50.3 Å². The van der Waals surface area contributed by atoms with Gasteiger partial charge < -0.3 is 24.9 Å². The number of nitrogens with one attached hydrogen (secondary N) is 2. The molecule has 6 aromatic rings. The van der Waals surface area contributed by atoms with Crippen LogP contribution in [-0.4, -0.2) is 60.8 Å². The van der Waals surface area contributed by atoms with Gasteiger partial charge in [0.1, 0.15) is 23.2 Å². The maximum absolute atomic E-state index is 14.4. The van der Waals surface area contributed by atoms with Gasteiger partial charge in [0.25, 0.3) is 0 Å². The molecule has 0 saturated heterocycles. The predicted molar refractivity (Wildman–Crippen MR) is 267 cm³/mol. The standard InChI is InChI=1S/C55H55N4O6P/c1-7-40-33(3)44-30-46-35(5)42(25-26-50(60)61)53(58-46)43(54-52(55(63)64)36(6)47(59-54)32-49-41(8-2)34(4)45(57-49)31-48(40)56-44)29-51(62)65-27-18-28-66(37-19-12-9-13-20-37,38-21-14-10-15-22-38)39-23-16-11-17-24-39/h7,9-17,19-24,30-32,35,42H,1,8,18,25-29H2,2-6H3,(H3-,56,57,58,59,60,61,63,64)/p+1/t35-,42-/m0/s1. The number of hydrogen-bond donors (Lipinski definition) is 4. The van der Waals surface area contributed by atoms with Gasteiger partial charge >= 0.3 is 17.9 Å². The van der Waals surface area contributed by atoms with Crippen LogP contribution in [-0.2, 0) is 32.0 Å². The summed E-state index contributed by atoms with van der Waals surface area (Å²) in [5.41, 5.74) is 9.83. The number of aryl methyl sites for hydroxylation is 3. The molecule has 336 valence electrons. The van der Waals surface area contributed by atoms with Crippen LogP contribution in [0.15, 0.2) is 116 Å². The van der Waals surface area contributed by atoms with Crippen LogP contribution in [0.4, 0.5) is 0 Å². The minimum absolute atomic E-state index is 0.0329. The number of hydrogen-bond acceptors (Lipinski definition) is 6. The summed E-state index contributed by atoms with van der Waals surface area (Å²) in [5.74, 6) is -3.46. The number of H-pyrrole nitrogens is 2. The lowest BCUT2D eigenvalue weighted by Crippen LogP contribution is -2.33. The molecule has 8 bridgehead atoms. The van der Waals surface area contributed by atoms with Gasteiger partial charge in [-0.1, -0.05) is 81.1 Å². The third-order valence-electron chi connectivity index (χ3n) is 13.4. The number of allylic oxidation sites excluding steroid dienone is 1. The summed E-state index contributed by atoms with van der Waals surface area (Å²) in [6.45, 7) is 14.1. The molecule has 0 unspecified atom stereocenters. The number of fused-ring (bicyclic) bond motifs is 8. The number of aromatic nitrogens is 4. The van der Waals surface area contributed by atoms with Gasteiger partial charge in [0.2, 0.25) is 0 Å². The molecule has 0 amide bonds. The molecule has 0 spiro atoms. The lowest BCUT2D eigenvalue weighted by Gasteiger charge is -2.27. The smallest absolute Gasteiger partial charge is 0.338 e. The third-order valence-corrected chi connectivity index (χ3v) is 18.0. The first kappa shape index (κ1) is 45.7. The van der Waals surface area contributed by atoms with Crippen molar-refractivity contribution >= 4 is 80.4 Å². The van der Waals surface area contributed by atoms with Gasteiger partial charge in [-0.2, -0.15) is 0 Å². The van der Waals surface area contributed by atoms with Crippen molar-refractivity contribution in [3.63, 3.8) is 0 Å². The molecule has 2 aliphatic heterocycles. The number of aliphatic carboxylic acids is 2. The highest BCUT2D eigenvalue weighted by Crippen LogP contribution is 2.55. The van der Waals surface area contributed by atoms with Gasteiger partial charge in [-0.25, -0.2) is 9.78 Å². The number of aromatic amines is 2. The molecular weight excluding hydrogens is 844 g/mol. The second-order valence-electron chi connectivity index (χ2n) is 17.2. The molecule has 4 N–H and O–H groups in total. The topological polar surface area (TPSA) is 158 Å². The first-order valence-electron chi connectivity index (χ1n) is 22.6. The van der Waals surface area contributed by atoms with Crippen molar-refractivity contribution in [3.05, 3.63) is 166 Å². The van der Waals surface area contributed by atoms with E-state index in [9.17, 15) is 24.6 Å². The normalized spacial score (nSPS) is 14.9. The minimum atomic E-state index is -2.19. The Morgan fingerprint density at radius 1 is 0.773 bits per heavy atom. The van der Waals surface area contributed by atoms with Crippen LogP contribution >= 0.6 is 7.26 Å². The molecule has 8 rings (SSSR count). The number of esters is 1. The Kier molecular flexibility index (Phi) is 13.3. The lowest BCUT2D eigenvalue weighted by molar-refractivity contribution is -0.143. The number of nitrogens with zero attached hydrogens (tertiary/aromatic N) is 2. The first-order chi connectivity index (χ1) is 31.9. The average Bonchev–Trinajstić information content (AvgIpc) is 4.01. The van der Waals surface area contributed by atoms with Crippen molar-refractivity contribution in [1.82, 2.24) is 19.9 Å². The summed E-state index contributed by atoms with van der Waals surface area (Å²) in [4.78, 5) is 57.4. The third kappa shape index (κ3) is 8.65. The van der Waals surface area contributed by atoms with E-state index in [4.69, 9.17) is 14.7 Å². The highest BCUT2D eigenvalue weighted by molar-refractivity contribution is 7.95. The van der Waals surface area contributed by atoms with Crippen molar-refractivity contribution in [2.75, 3.05) is 12.8 Å². The number of carbonyl (C=O) groups excluding carboxylic acids is 1. The molecule has 3 aromatic heterocycles. The van der Waals surface area contributed by atoms with Gasteiger partial charge in [-0.3, -0.25) is 14.6 Å². The van der Waals surface area contributed by atoms with E-state index in [-0.39, 0.29) is 43.1 Å². The molecule has 2 atom stereocenters. The molecule has 0 radical (unpaired) electrons. The fourth-order valence-electron chi connectivity index (χ4n) is 9.94. The molecule has 0 fully saturated rings. The predicted octanol–water partition coefficient (Wildman–Crippen LogP) is 10.4. The van der Waals surface area contributed by atoms with Crippen LogP contribution in [0.2, 0.25) is 0 Å². The van der Waals surface area contributed by atoms with E-state index in [0.29, 0.717) is 41.1 Å². The van der Waals surface area contributed by atoms with Crippen LogP contribution in [0.5, 0.6) is 0 Å². The molecule has 0 aliphatic carbocycles. The zero-order valence-corrected chi connectivity index (χ0v) is 39.0. The van der Waals surface area contributed by atoms with Gasteiger partial charge in [0.05, 0.1) is 41.8 Å². The van der Waals surface area contributed by atoms with Crippen molar-refractivity contribution in [3.8, 4) is 0 Å². The second kappa shape index (κ2) is 19.3. The maximum atomic E-state index is 14.4. The Morgan fingerprint density at radius 3 is 1.92 bits per heavy atom. The monoisotopic (exact) mass is 899 g/mol. The zero-order chi connectivity index (χ0) is 46.7. The summed E-state index contributed by atoms with van der Waals surface area (Å²) in [7, 11) is -2.19. The summed E-state index contributed by atoms with van der Waals surface area (Å²) >= 11 is 0. The maximum Gasteiger partial charge on any atom is 0.338 e. The molecule has 2 aliphatic rings. The second-order valence-corrected chi connectivity index (χ2v) is 20.8. The van der Waals surface area contributed by atoms with E-state index in [1.54, 1.807) is 6.92 Å². The van der Waals surface area contributed by atoms with Crippen LogP contribution < -0.4 is 15.9 Å². The number of rotatable bonds is 15. The van der Waals surface area contributed by atoms with Gasteiger partial charge in [-0.15, -0.1) is 0 Å². The Balaban J connectivity index is 1.27. The lowest BCUT2D eigenvalue weighted by atomic mass is 9.84. The SMILES string of the molecule is C=Cc1c(C)c2cc3nc(c(CC(=O)OCCC[P+](c4ccccc4)(c4ccccc4)c4ccccc4)c4nc(cc5[nH]c(cc1[nH]2)c(C)c5CC)C(C)=C4C(=O)O)[C@@H](CCC(=O)O)[C@@H]3C. The molecule has 3 aromatic carbocycles. The summed E-state index contributed by atoms with van der Waals surface area (Å²) in [6, 6.07) is 37.5. The molecule has 5 heterocycles. The van der Waals surface area contributed by atoms with Crippen molar-refractivity contribution in [2.24, 2.45) is 0 Å². The van der Waals surface area contributed by atoms with Crippen molar-refractivity contribution in [2.45, 2.75) is 78.6 Å². The number of benzene rings is 3. The van der Waals surface area contributed by atoms with E-state index in [2.05, 4.69) is 109 Å². The Morgan fingerprint density at radius 2 is 1.36 bits per heavy atom. The van der Waals surface area contributed by atoms with Crippen LogP contribution in [0.3, 0.4) is 0 Å². The van der Waals surface area contributed by atoms with Crippen molar-refractivity contribution in [1.29, 1.82) is 0 Å². The highest BCUT2D eigenvalue weighted by atomic mass is 31.2. The number of ether oxygens (including phenoxy) is 1. The van der Waals surface area contributed by atoms with Crippen LogP contribution in [0.25, 0.3) is 39.3 Å². The fourth-order valence-corrected chi connectivity index (χ4v) is 14.3. The van der Waals surface area contributed by atoms with E-state index in [0.717, 1.165) is 50.5 Å². The first-order valence-corrected chi connectivity index (χ1v) is 24.6. The van der Waals surface area contributed by atoms with E-state index >= 15 is 0 Å². The summed E-state index contributed by atoms with van der Waals surface area (Å²) < 4.78 is 6.14. The zero-order valence-electron chi connectivity index (χ0n) is 38.2. The van der Waals surface area contributed by atoms with E-state index in [1.165, 1.54) is 15.9 Å². The van der Waals surface area contributed by atoms with Gasteiger partial charge in [0.15, 0.2) is 0 Å². The number of carboxylic acids is 2. The van der Waals surface area contributed by atoms with Crippen LogP contribution in [0, 0.1) is 13.8 Å². The number of carboxylic acid groups (broad SMARTS) is 2. The van der Waals surface area contributed by atoms with Gasteiger partial charge in [-0.05, 0) is 110 Å². The Labute approximate surface area is 385 Å². The molecule has 0 saturated carbocycles. The summed E-state index contributed by atoms with van der Waals surface area (Å²) in [6.07, 6.45) is 3.58. The molecule has 10 nitrogen and oxygen atoms in total. The minimum Gasteiger partial charge on any atom is -0.481 e. The average molecular weight is 900 g/mol. The van der Waals surface area contributed by atoms with Gasteiger partial charge in [0, 0.05) is 63.6 Å². The summed E-state index contributed by atoms with van der Waals surface area (Å²) in [5, 5.41) is 24.5. The Hall–Kier alpha value is -6.90. The Bertz CT molecular complexity index is 2950. The van der Waals surface area contributed by atoms with Crippen LogP contribution in [0.1, 0.15) is 102 Å². The van der Waals surface area contributed by atoms with Crippen molar-refractivity contribution < 1.29 is 29.3 Å². The number of carbonyl (C=O) groups is 3. The fraction of sp³-hybridized carbons (Fsp3) is 0.255. The van der Waals surface area contributed by atoms with E-state index < -0.39 is 31.1 Å². The largest absolute Gasteiger partial charge is 0.481 e. The molecular formula is C55H56N4O6P+. The molecule has 11 heteroatoms.